The van der Waals surface area contributed by atoms with Gasteiger partial charge in [0.05, 0.1) is 12.0 Å². The molecule has 5 heteroatoms. The summed E-state index contributed by atoms with van der Waals surface area (Å²) >= 11 is 0. The average molecular weight is 210 g/mol. The highest BCUT2D eigenvalue weighted by atomic mass is 16.6. The van der Waals surface area contributed by atoms with E-state index in [-0.39, 0.29) is 10.6 Å². The zero-order valence-corrected chi connectivity index (χ0v) is 9.27. The molecule has 1 aromatic rings. The van der Waals surface area contributed by atoms with Gasteiger partial charge in [0.15, 0.2) is 0 Å². The summed E-state index contributed by atoms with van der Waals surface area (Å²) in [6.07, 6.45) is 0. The molecule has 1 rings (SSSR count). The van der Waals surface area contributed by atoms with Crippen LogP contribution in [0.25, 0.3) is 0 Å². The Balaban J connectivity index is 3.42. The number of ether oxygens (including phenoxy) is 1. The Labute approximate surface area is 88.4 Å². The van der Waals surface area contributed by atoms with Crippen molar-refractivity contribution < 1.29 is 9.66 Å². The van der Waals surface area contributed by atoms with Crippen LogP contribution in [-0.2, 0) is 0 Å². The maximum absolute atomic E-state index is 10.9. The number of hydrogen-bond acceptors (Lipinski definition) is 4. The molecule has 0 saturated heterocycles. The molecule has 82 valence electrons. The fraction of sp³-hybridized carbons (Fsp3) is 0.400. The summed E-state index contributed by atoms with van der Waals surface area (Å²) in [4.78, 5) is 12.2. The van der Waals surface area contributed by atoms with Gasteiger partial charge in [-0.25, -0.2) is 0 Å². The molecule has 0 bridgehead atoms. The van der Waals surface area contributed by atoms with Gasteiger partial charge in [-0.05, 0) is 13.0 Å². The quantitative estimate of drug-likeness (QED) is 0.565. The minimum absolute atomic E-state index is 0.126. The van der Waals surface area contributed by atoms with Gasteiger partial charge >= 0.3 is 0 Å². The lowest BCUT2D eigenvalue weighted by Crippen LogP contribution is -2.12. The third-order valence-corrected chi connectivity index (χ3v) is 2.15. The van der Waals surface area contributed by atoms with Crippen molar-refractivity contribution in [2.75, 3.05) is 26.1 Å². The highest BCUT2D eigenvalue weighted by Crippen LogP contribution is 2.34. The average Bonchev–Trinajstić information content (AvgIpc) is 2.15. The Morgan fingerprint density at radius 2 is 2.00 bits per heavy atom. The zero-order valence-electron chi connectivity index (χ0n) is 9.27. The van der Waals surface area contributed by atoms with Gasteiger partial charge in [0, 0.05) is 25.7 Å². The van der Waals surface area contributed by atoms with E-state index < -0.39 is 0 Å². The molecule has 0 heterocycles. The molecule has 0 aliphatic heterocycles. The minimum atomic E-state index is -0.371. The SMILES string of the molecule is COc1cc(C)c([N+](=O)[O-])c(N(C)C)c1. The molecule has 0 saturated carbocycles. The van der Waals surface area contributed by atoms with Crippen LogP contribution in [0.3, 0.4) is 0 Å². The van der Waals surface area contributed by atoms with E-state index in [9.17, 15) is 10.1 Å². The van der Waals surface area contributed by atoms with Crippen molar-refractivity contribution in [2.45, 2.75) is 6.92 Å². The first-order valence-electron chi connectivity index (χ1n) is 4.47. The molecule has 0 N–H and O–H groups in total. The first kappa shape index (κ1) is 11.3. The normalized spacial score (nSPS) is 9.87. The summed E-state index contributed by atoms with van der Waals surface area (Å²) in [7, 11) is 5.07. The molecule has 0 fully saturated rings. The maximum atomic E-state index is 10.9. The molecule has 15 heavy (non-hydrogen) atoms. The molecule has 0 radical (unpaired) electrons. The van der Waals surface area contributed by atoms with E-state index in [0.29, 0.717) is 17.0 Å². The van der Waals surface area contributed by atoms with Crippen molar-refractivity contribution in [1.29, 1.82) is 0 Å². The zero-order chi connectivity index (χ0) is 11.6. The highest BCUT2D eigenvalue weighted by molar-refractivity contribution is 5.68. The molecular weight excluding hydrogens is 196 g/mol. The van der Waals surface area contributed by atoms with E-state index in [1.165, 1.54) is 0 Å². The van der Waals surface area contributed by atoms with Crippen LogP contribution in [0.5, 0.6) is 5.75 Å². The predicted octanol–water partition coefficient (Wildman–Crippen LogP) is 1.98. The van der Waals surface area contributed by atoms with Crippen molar-refractivity contribution in [3.63, 3.8) is 0 Å². The molecule has 0 aliphatic carbocycles. The molecular formula is C10H14N2O3. The summed E-state index contributed by atoms with van der Waals surface area (Å²) in [6.45, 7) is 1.70. The molecule has 0 aromatic heterocycles. The monoisotopic (exact) mass is 210 g/mol. The Morgan fingerprint density at radius 3 is 2.40 bits per heavy atom. The first-order chi connectivity index (χ1) is 6.97. The molecule has 5 nitrogen and oxygen atoms in total. The van der Waals surface area contributed by atoms with Gasteiger partial charge in [-0.15, -0.1) is 0 Å². The Morgan fingerprint density at radius 1 is 1.40 bits per heavy atom. The number of benzene rings is 1. The molecule has 0 unspecified atom stereocenters. The van der Waals surface area contributed by atoms with E-state index in [0.717, 1.165) is 0 Å². The lowest BCUT2D eigenvalue weighted by molar-refractivity contribution is -0.384. The van der Waals surface area contributed by atoms with Gasteiger partial charge < -0.3 is 9.64 Å². The second-order valence-electron chi connectivity index (χ2n) is 3.46. The summed E-state index contributed by atoms with van der Waals surface area (Å²) in [5, 5.41) is 10.9. The van der Waals surface area contributed by atoms with E-state index in [2.05, 4.69) is 0 Å². The Hall–Kier alpha value is -1.78. The molecule has 0 aliphatic rings. The number of hydrogen-bond donors (Lipinski definition) is 0. The van der Waals surface area contributed by atoms with Crippen LogP contribution in [0, 0.1) is 17.0 Å². The van der Waals surface area contributed by atoms with Crippen molar-refractivity contribution in [3.05, 3.63) is 27.8 Å². The lowest BCUT2D eigenvalue weighted by Gasteiger charge is -2.15. The second-order valence-corrected chi connectivity index (χ2v) is 3.46. The second kappa shape index (κ2) is 4.16. The summed E-state index contributed by atoms with van der Waals surface area (Å²) in [5.41, 5.74) is 1.28. The summed E-state index contributed by atoms with van der Waals surface area (Å²) < 4.78 is 5.07. The van der Waals surface area contributed by atoms with Crippen LogP contribution in [0.2, 0.25) is 0 Å². The van der Waals surface area contributed by atoms with E-state index >= 15 is 0 Å². The first-order valence-corrected chi connectivity index (χ1v) is 4.47. The fourth-order valence-corrected chi connectivity index (χ4v) is 1.42. The number of nitro benzene ring substituents is 1. The van der Waals surface area contributed by atoms with Crippen LogP contribution in [-0.4, -0.2) is 26.1 Å². The Bertz CT molecular complexity index is 388. The smallest absolute Gasteiger partial charge is 0.295 e. The minimum Gasteiger partial charge on any atom is -0.497 e. The third kappa shape index (κ3) is 2.18. The van der Waals surface area contributed by atoms with Gasteiger partial charge in [-0.1, -0.05) is 0 Å². The van der Waals surface area contributed by atoms with E-state index in [1.54, 1.807) is 45.2 Å². The van der Waals surface area contributed by atoms with Crippen molar-refractivity contribution >= 4 is 11.4 Å². The largest absolute Gasteiger partial charge is 0.497 e. The topological polar surface area (TPSA) is 55.6 Å². The van der Waals surface area contributed by atoms with E-state index in [1.807, 2.05) is 0 Å². The standard InChI is InChI=1S/C10H14N2O3/c1-7-5-8(15-4)6-9(11(2)3)10(7)12(13)14/h5-6H,1-4H3. The number of methoxy groups -OCH3 is 1. The molecule has 0 atom stereocenters. The van der Waals surface area contributed by atoms with Crippen LogP contribution in [0.1, 0.15) is 5.56 Å². The number of anilines is 1. The number of aryl methyl sites for hydroxylation is 1. The number of rotatable bonds is 3. The molecule has 1 aromatic carbocycles. The maximum Gasteiger partial charge on any atom is 0.295 e. The lowest BCUT2D eigenvalue weighted by atomic mass is 10.1. The van der Waals surface area contributed by atoms with Crippen molar-refractivity contribution in [1.82, 2.24) is 0 Å². The van der Waals surface area contributed by atoms with Crippen molar-refractivity contribution in [2.24, 2.45) is 0 Å². The van der Waals surface area contributed by atoms with Gasteiger partial charge in [-0.3, -0.25) is 10.1 Å². The molecule has 0 spiro atoms. The predicted molar refractivity (Wildman–Crippen MR) is 58.7 cm³/mol. The van der Waals surface area contributed by atoms with Gasteiger partial charge in [0.2, 0.25) is 0 Å². The fourth-order valence-electron chi connectivity index (χ4n) is 1.42. The van der Waals surface area contributed by atoms with Crippen LogP contribution >= 0.6 is 0 Å². The van der Waals surface area contributed by atoms with Crippen LogP contribution in [0.15, 0.2) is 12.1 Å². The van der Waals surface area contributed by atoms with E-state index in [4.69, 9.17) is 4.74 Å². The van der Waals surface area contributed by atoms with Crippen LogP contribution in [0.4, 0.5) is 11.4 Å². The third-order valence-electron chi connectivity index (χ3n) is 2.15. The van der Waals surface area contributed by atoms with Crippen molar-refractivity contribution in [3.8, 4) is 5.75 Å². The Kier molecular flexibility index (Phi) is 3.14. The van der Waals surface area contributed by atoms with Gasteiger partial charge in [0.1, 0.15) is 11.4 Å². The van der Waals surface area contributed by atoms with Crippen LogP contribution < -0.4 is 9.64 Å². The summed E-state index contributed by atoms with van der Waals surface area (Å²) in [5.74, 6) is 0.627. The number of nitrogens with zero attached hydrogens (tertiary/aromatic N) is 2. The molecule has 0 amide bonds. The van der Waals surface area contributed by atoms with Gasteiger partial charge in [-0.2, -0.15) is 0 Å². The summed E-state index contributed by atoms with van der Waals surface area (Å²) in [6, 6.07) is 3.32. The highest BCUT2D eigenvalue weighted by Gasteiger charge is 2.20. The van der Waals surface area contributed by atoms with Gasteiger partial charge in [0.25, 0.3) is 5.69 Å². The number of nitro groups is 1.